The Bertz CT molecular complexity index is 980. The maximum absolute atomic E-state index is 6.00. The van der Waals surface area contributed by atoms with Gasteiger partial charge in [-0.2, -0.15) is 0 Å². The van der Waals surface area contributed by atoms with Gasteiger partial charge in [0.2, 0.25) is 0 Å². The molecular weight excluding hydrogens is 378 g/mol. The topological polar surface area (TPSA) is 59.3 Å². The Morgan fingerprint density at radius 2 is 1.83 bits per heavy atom. The predicted molar refractivity (Wildman–Crippen MR) is 121 cm³/mol. The molecule has 3 aromatic rings. The maximum atomic E-state index is 6.00. The van der Waals surface area contributed by atoms with Crippen LogP contribution in [-0.4, -0.2) is 7.11 Å². The van der Waals surface area contributed by atoms with Crippen molar-refractivity contribution in [2.24, 2.45) is 5.73 Å². The Kier molecular flexibility index (Phi) is 5.88. The molecule has 0 amide bonds. The third-order valence-electron chi connectivity index (χ3n) is 5.38. The summed E-state index contributed by atoms with van der Waals surface area (Å²) in [5, 5.41) is 9.42. The highest BCUT2D eigenvalue weighted by molar-refractivity contribution is 7.10. The fourth-order valence-corrected chi connectivity index (χ4v) is 4.30. The number of rotatable bonds is 8. The monoisotopic (exact) mass is 405 g/mol. The quantitative estimate of drug-likeness (QED) is 0.458. The fraction of sp³-hybridized carbons (Fsp3) is 0.250. The fourth-order valence-electron chi connectivity index (χ4n) is 3.56. The van der Waals surface area contributed by atoms with Gasteiger partial charge >= 0.3 is 0 Å². The molecule has 0 radical (unpaired) electrons. The summed E-state index contributed by atoms with van der Waals surface area (Å²) in [6.45, 7) is 2.21. The van der Waals surface area contributed by atoms with Crippen LogP contribution in [0.1, 0.15) is 47.9 Å². The second kappa shape index (κ2) is 8.72. The van der Waals surface area contributed by atoms with E-state index in [2.05, 4.69) is 71.5 Å². The molecule has 5 heteroatoms. The van der Waals surface area contributed by atoms with Gasteiger partial charge in [0.15, 0.2) is 0 Å². The van der Waals surface area contributed by atoms with Crippen molar-refractivity contribution in [3.05, 3.63) is 93.4 Å². The SMILES string of the molecule is COc1ccc(C(NC(C)c2cccs2)c2cccc(NC3=C(N)CC3)c2)cc1. The third kappa shape index (κ3) is 4.47. The van der Waals surface area contributed by atoms with E-state index >= 15 is 0 Å². The minimum atomic E-state index is 0.0625. The predicted octanol–water partition coefficient (Wildman–Crippen LogP) is 5.57. The highest BCUT2D eigenvalue weighted by atomic mass is 32.1. The summed E-state index contributed by atoms with van der Waals surface area (Å²) in [6, 6.07) is 21.4. The van der Waals surface area contributed by atoms with Crippen molar-refractivity contribution in [2.45, 2.75) is 31.8 Å². The minimum absolute atomic E-state index is 0.0625. The van der Waals surface area contributed by atoms with Crippen molar-refractivity contribution in [1.82, 2.24) is 5.32 Å². The second-order valence-electron chi connectivity index (χ2n) is 7.36. The lowest BCUT2D eigenvalue weighted by molar-refractivity contribution is 0.414. The number of ether oxygens (including phenoxy) is 1. The van der Waals surface area contributed by atoms with E-state index in [1.54, 1.807) is 18.4 Å². The van der Waals surface area contributed by atoms with Crippen molar-refractivity contribution in [3.63, 3.8) is 0 Å². The van der Waals surface area contributed by atoms with Gasteiger partial charge in [-0.05, 0) is 66.6 Å². The van der Waals surface area contributed by atoms with Crippen LogP contribution in [0.25, 0.3) is 0 Å². The molecule has 1 aromatic heterocycles. The average molecular weight is 406 g/mol. The number of anilines is 1. The zero-order valence-corrected chi connectivity index (χ0v) is 17.6. The Morgan fingerprint density at radius 1 is 1.00 bits per heavy atom. The van der Waals surface area contributed by atoms with E-state index in [-0.39, 0.29) is 12.1 Å². The van der Waals surface area contributed by atoms with Gasteiger partial charge in [-0.3, -0.25) is 5.32 Å². The summed E-state index contributed by atoms with van der Waals surface area (Å²) in [7, 11) is 1.69. The van der Waals surface area contributed by atoms with Crippen molar-refractivity contribution in [1.29, 1.82) is 0 Å². The molecule has 29 heavy (non-hydrogen) atoms. The molecule has 4 N–H and O–H groups in total. The van der Waals surface area contributed by atoms with Crippen LogP contribution in [0.3, 0.4) is 0 Å². The lowest BCUT2D eigenvalue weighted by atomic mass is 9.96. The first-order valence-corrected chi connectivity index (χ1v) is 10.8. The van der Waals surface area contributed by atoms with E-state index in [9.17, 15) is 0 Å². The minimum Gasteiger partial charge on any atom is -0.497 e. The summed E-state index contributed by atoms with van der Waals surface area (Å²) in [4.78, 5) is 1.32. The smallest absolute Gasteiger partial charge is 0.118 e. The Labute approximate surface area is 176 Å². The van der Waals surface area contributed by atoms with E-state index < -0.39 is 0 Å². The van der Waals surface area contributed by atoms with Gasteiger partial charge in [0.1, 0.15) is 5.75 Å². The molecule has 1 aliphatic carbocycles. The van der Waals surface area contributed by atoms with Crippen LogP contribution >= 0.6 is 11.3 Å². The van der Waals surface area contributed by atoms with Crippen LogP contribution in [-0.2, 0) is 0 Å². The maximum Gasteiger partial charge on any atom is 0.118 e. The molecule has 150 valence electrons. The van der Waals surface area contributed by atoms with E-state index in [0.717, 1.165) is 35.7 Å². The van der Waals surface area contributed by atoms with Gasteiger partial charge in [-0.15, -0.1) is 11.3 Å². The lowest BCUT2D eigenvalue weighted by Gasteiger charge is -2.26. The number of hydrogen-bond acceptors (Lipinski definition) is 5. The van der Waals surface area contributed by atoms with Crippen LogP contribution in [0.4, 0.5) is 5.69 Å². The number of allylic oxidation sites excluding steroid dienone is 2. The largest absolute Gasteiger partial charge is 0.497 e. The van der Waals surface area contributed by atoms with Crippen LogP contribution < -0.4 is 21.1 Å². The van der Waals surface area contributed by atoms with Gasteiger partial charge < -0.3 is 15.8 Å². The van der Waals surface area contributed by atoms with E-state index in [4.69, 9.17) is 10.5 Å². The molecule has 2 atom stereocenters. The lowest BCUT2D eigenvalue weighted by Crippen LogP contribution is -2.25. The molecule has 0 saturated heterocycles. The number of thiophene rings is 1. The molecule has 0 saturated carbocycles. The average Bonchev–Trinajstić information content (AvgIpc) is 3.30. The summed E-state index contributed by atoms with van der Waals surface area (Å²) < 4.78 is 5.34. The third-order valence-corrected chi connectivity index (χ3v) is 6.44. The molecule has 2 aromatic carbocycles. The number of nitrogens with one attached hydrogen (secondary N) is 2. The number of nitrogens with two attached hydrogens (primary N) is 1. The Balaban J connectivity index is 1.64. The normalized spacial score (nSPS) is 15.5. The van der Waals surface area contributed by atoms with Crippen LogP contribution in [0.15, 0.2) is 77.4 Å². The van der Waals surface area contributed by atoms with Crippen LogP contribution in [0.5, 0.6) is 5.75 Å². The van der Waals surface area contributed by atoms with E-state index in [0.29, 0.717) is 0 Å². The Hall–Kier alpha value is -2.76. The molecule has 2 unspecified atom stereocenters. The first kappa shape index (κ1) is 19.6. The summed E-state index contributed by atoms with van der Waals surface area (Å²) >= 11 is 1.78. The first-order valence-electron chi connectivity index (χ1n) is 9.92. The molecule has 1 aliphatic rings. The van der Waals surface area contributed by atoms with E-state index in [1.807, 2.05) is 12.1 Å². The summed E-state index contributed by atoms with van der Waals surface area (Å²) in [5.41, 5.74) is 11.6. The number of benzene rings is 2. The van der Waals surface area contributed by atoms with Crippen LogP contribution in [0.2, 0.25) is 0 Å². The van der Waals surface area contributed by atoms with Gasteiger partial charge in [0.05, 0.1) is 13.2 Å². The second-order valence-corrected chi connectivity index (χ2v) is 8.34. The zero-order chi connectivity index (χ0) is 20.2. The van der Waals surface area contributed by atoms with Crippen molar-refractivity contribution in [2.75, 3.05) is 12.4 Å². The molecule has 0 aliphatic heterocycles. The summed E-state index contributed by atoms with van der Waals surface area (Å²) in [6.07, 6.45) is 2.00. The van der Waals surface area contributed by atoms with Gasteiger partial charge in [-0.1, -0.05) is 30.3 Å². The van der Waals surface area contributed by atoms with Crippen molar-refractivity contribution < 1.29 is 4.74 Å². The highest BCUT2D eigenvalue weighted by Gasteiger charge is 2.20. The Morgan fingerprint density at radius 3 is 2.45 bits per heavy atom. The molecule has 0 spiro atoms. The van der Waals surface area contributed by atoms with Crippen LogP contribution in [0, 0.1) is 0 Å². The highest BCUT2D eigenvalue weighted by Crippen LogP contribution is 2.31. The molecule has 0 fully saturated rings. The molecule has 4 rings (SSSR count). The van der Waals surface area contributed by atoms with Crippen molar-refractivity contribution >= 4 is 17.0 Å². The van der Waals surface area contributed by atoms with Gasteiger partial charge in [-0.25, -0.2) is 0 Å². The molecule has 4 nitrogen and oxygen atoms in total. The standard InChI is InChI=1S/C24H27N3OS/c1-16(23-7-4-14-29-23)26-24(17-8-10-20(28-2)11-9-17)18-5-3-6-19(15-18)27-22-13-12-21(22)25/h3-11,14-16,24,26-27H,12-13,25H2,1-2H3. The summed E-state index contributed by atoms with van der Waals surface area (Å²) in [5.74, 6) is 0.863. The number of hydrogen-bond donors (Lipinski definition) is 3. The molecular formula is C24H27N3OS. The number of methoxy groups -OCH3 is 1. The van der Waals surface area contributed by atoms with Gasteiger partial charge in [0.25, 0.3) is 0 Å². The van der Waals surface area contributed by atoms with Crippen molar-refractivity contribution in [3.8, 4) is 5.75 Å². The zero-order valence-electron chi connectivity index (χ0n) is 16.8. The van der Waals surface area contributed by atoms with E-state index in [1.165, 1.54) is 16.0 Å². The molecule has 0 bridgehead atoms. The van der Waals surface area contributed by atoms with Gasteiger partial charge in [0, 0.05) is 28.0 Å². The first-order chi connectivity index (χ1) is 14.1. The molecule has 1 heterocycles.